The molecule has 1 amide bonds. The molecule has 0 aliphatic carbocycles. The molecule has 8 nitrogen and oxygen atoms in total. The summed E-state index contributed by atoms with van der Waals surface area (Å²) in [7, 11) is 1.24. The number of esters is 1. The van der Waals surface area contributed by atoms with Crippen molar-refractivity contribution in [1.29, 1.82) is 0 Å². The van der Waals surface area contributed by atoms with Crippen LogP contribution in [0.25, 0.3) is 0 Å². The molecule has 2 aromatic rings. The second-order valence-corrected chi connectivity index (χ2v) is 5.65. The zero-order valence-corrected chi connectivity index (χ0v) is 14.8. The van der Waals surface area contributed by atoms with Crippen LogP contribution in [0, 0.1) is 17.0 Å². The van der Waals surface area contributed by atoms with Gasteiger partial charge in [-0.2, -0.15) is 0 Å². The smallest absolute Gasteiger partial charge is 0.337 e. The highest BCUT2D eigenvalue weighted by atomic mass is 32.1. The van der Waals surface area contributed by atoms with E-state index in [1.807, 2.05) is 0 Å². The van der Waals surface area contributed by atoms with Crippen LogP contribution in [-0.2, 0) is 4.74 Å². The molecule has 0 fully saturated rings. The Morgan fingerprint density at radius 2 is 1.85 bits per heavy atom. The SMILES string of the molecule is COC(=O)c1cccc(C(=O)NC(=S)Nc2ccc(C)c([N+](=O)[O-])c2)c1. The quantitative estimate of drug-likeness (QED) is 0.367. The number of hydrogen-bond donors (Lipinski definition) is 2. The Kier molecular flexibility index (Phi) is 5.97. The number of rotatable bonds is 4. The van der Waals surface area contributed by atoms with Gasteiger partial charge in [0.05, 0.1) is 17.6 Å². The van der Waals surface area contributed by atoms with Gasteiger partial charge in [-0.25, -0.2) is 4.79 Å². The summed E-state index contributed by atoms with van der Waals surface area (Å²) < 4.78 is 4.61. The first kappa shape index (κ1) is 19.0. The molecule has 9 heteroatoms. The van der Waals surface area contributed by atoms with Gasteiger partial charge in [0.2, 0.25) is 0 Å². The Labute approximate surface area is 154 Å². The van der Waals surface area contributed by atoms with E-state index in [9.17, 15) is 19.7 Å². The van der Waals surface area contributed by atoms with E-state index < -0.39 is 16.8 Å². The van der Waals surface area contributed by atoms with Gasteiger partial charge in [-0.1, -0.05) is 12.1 Å². The molecule has 0 heterocycles. The highest BCUT2D eigenvalue weighted by Crippen LogP contribution is 2.22. The average Bonchev–Trinajstić information content (AvgIpc) is 2.62. The number of hydrogen-bond acceptors (Lipinski definition) is 6. The molecule has 0 aromatic heterocycles. The van der Waals surface area contributed by atoms with Crippen molar-refractivity contribution in [2.75, 3.05) is 12.4 Å². The van der Waals surface area contributed by atoms with E-state index in [1.165, 1.54) is 31.4 Å². The number of methoxy groups -OCH3 is 1. The zero-order valence-electron chi connectivity index (χ0n) is 13.9. The van der Waals surface area contributed by atoms with E-state index in [0.717, 1.165) is 0 Å². The maximum absolute atomic E-state index is 12.2. The van der Waals surface area contributed by atoms with Crippen molar-refractivity contribution in [3.05, 3.63) is 69.3 Å². The van der Waals surface area contributed by atoms with Crippen LogP contribution in [0.2, 0.25) is 0 Å². The van der Waals surface area contributed by atoms with Gasteiger partial charge in [-0.15, -0.1) is 0 Å². The van der Waals surface area contributed by atoms with Crippen LogP contribution >= 0.6 is 12.2 Å². The van der Waals surface area contributed by atoms with Crippen LogP contribution in [0.3, 0.4) is 0 Å². The lowest BCUT2D eigenvalue weighted by molar-refractivity contribution is -0.385. The molecule has 0 unspecified atom stereocenters. The number of benzene rings is 2. The first-order valence-electron chi connectivity index (χ1n) is 7.37. The van der Waals surface area contributed by atoms with Crippen molar-refractivity contribution in [2.24, 2.45) is 0 Å². The lowest BCUT2D eigenvalue weighted by Crippen LogP contribution is -2.34. The number of nitro benzene ring substituents is 1. The molecule has 0 atom stereocenters. The third-order valence-electron chi connectivity index (χ3n) is 3.44. The minimum atomic E-state index is -0.563. The third kappa shape index (κ3) is 4.61. The van der Waals surface area contributed by atoms with Gasteiger partial charge >= 0.3 is 5.97 Å². The number of carbonyl (C=O) groups is 2. The number of thiocarbonyl (C=S) groups is 1. The van der Waals surface area contributed by atoms with Gasteiger partial charge in [0.25, 0.3) is 11.6 Å². The van der Waals surface area contributed by atoms with Crippen molar-refractivity contribution in [3.63, 3.8) is 0 Å². The van der Waals surface area contributed by atoms with Gasteiger partial charge in [-0.05, 0) is 43.4 Å². The summed E-state index contributed by atoms with van der Waals surface area (Å²) in [6.45, 7) is 1.62. The second kappa shape index (κ2) is 8.17. The van der Waals surface area contributed by atoms with E-state index >= 15 is 0 Å². The molecular formula is C17H15N3O5S. The summed E-state index contributed by atoms with van der Waals surface area (Å²) in [6.07, 6.45) is 0. The summed E-state index contributed by atoms with van der Waals surface area (Å²) in [4.78, 5) is 34.2. The number of carbonyl (C=O) groups excluding carboxylic acids is 2. The van der Waals surface area contributed by atoms with E-state index in [2.05, 4.69) is 15.4 Å². The first-order chi connectivity index (χ1) is 12.3. The molecule has 0 bridgehead atoms. The van der Waals surface area contributed by atoms with Crippen LogP contribution in [-0.4, -0.2) is 29.0 Å². The highest BCUT2D eigenvalue weighted by Gasteiger charge is 2.14. The minimum absolute atomic E-state index is 0.0309. The molecule has 2 aromatic carbocycles. The maximum Gasteiger partial charge on any atom is 0.337 e. The number of ether oxygens (including phenoxy) is 1. The van der Waals surface area contributed by atoms with Gasteiger partial charge in [0.1, 0.15) is 0 Å². The Bertz CT molecular complexity index is 898. The van der Waals surface area contributed by atoms with E-state index in [-0.39, 0.29) is 21.9 Å². The Hall–Kier alpha value is -3.33. The van der Waals surface area contributed by atoms with Crippen molar-refractivity contribution >= 4 is 40.6 Å². The van der Waals surface area contributed by atoms with Crippen molar-refractivity contribution in [1.82, 2.24) is 5.32 Å². The summed E-state index contributed by atoms with van der Waals surface area (Å²) in [5.41, 5.74) is 1.26. The van der Waals surface area contributed by atoms with E-state index in [4.69, 9.17) is 12.2 Å². The van der Waals surface area contributed by atoms with E-state index in [0.29, 0.717) is 11.3 Å². The molecule has 2 rings (SSSR count). The summed E-state index contributed by atoms with van der Waals surface area (Å²) in [6, 6.07) is 10.5. The molecule has 2 N–H and O–H groups in total. The van der Waals surface area contributed by atoms with E-state index in [1.54, 1.807) is 25.1 Å². The Balaban J connectivity index is 2.08. The lowest BCUT2D eigenvalue weighted by atomic mass is 10.1. The molecule has 26 heavy (non-hydrogen) atoms. The summed E-state index contributed by atoms with van der Waals surface area (Å²) >= 11 is 5.06. The average molecular weight is 373 g/mol. The largest absolute Gasteiger partial charge is 0.465 e. The predicted octanol–water partition coefficient (Wildman–Crippen LogP) is 2.82. The van der Waals surface area contributed by atoms with Crippen molar-refractivity contribution < 1.29 is 19.2 Å². The predicted molar refractivity (Wildman–Crippen MR) is 99.3 cm³/mol. The topological polar surface area (TPSA) is 111 Å². The Morgan fingerprint density at radius 3 is 2.50 bits per heavy atom. The monoisotopic (exact) mass is 373 g/mol. The van der Waals surface area contributed by atoms with Gasteiger partial charge < -0.3 is 10.1 Å². The van der Waals surface area contributed by atoms with Crippen LogP contribution < -0.4 is 10.6 Å². The molecule has 0 saturated carbocycles. The van der Waals surface area contributed by atoms with Crippen molar-refractivity contribution in [2.45, 2.75) is 6.92 Å². The molecule has 134 valence electrons. The summed E-state index contributed by atoms with van der Waals surface area (Å²) in [5, 5.41) is 16.1. The minimum Gasteiger partial charge on any atom is -0.465 e. The zero-order chi connectivity index (χ0) is 19.3. The third-order valence-corrected chi connectivity index (χ3v) is 3.64. The van der Waals surface area contributed by atoms with Gasteiger partial charge in [-0.3, -0.25) is 20.2 Å². The number of nitrogens with zero attached hydrogens (tertiary/aromatic N) is 1. The molecule has 0 saturated heterocycles. The molecule has 0 aliphatic rings. The normalized spacial score (nSPS) is 9.92. The van der Waals surface area contributed by atoms with Gasteiger partial charge in [0, 0.05) is 22.9 Å². The summed E-state index contributed by atoms with van der Waals surface area (Å²) in [5.74, 6) is -1.10. The van der Waals surface area contributed by atoms with Crippen LogP contribution in [0.5, 0.6) is 0 Å². The van der Waals surface area contributed by atoms with Crippen LogP contribution in [0.1, 0.15) is 26.3 Å². The number of anilines is 1. The molecule has 0 aliphatic heterocycles. The highest BCUT2D eigenvalue weighted by molar-refractivity contribution is 7.80. The molecule has 0 spiro atoms. The van der Waals surface area contributed by atoms with Crippen molar-refractivity contribution in [3.8, 4) is 0 Å². The standard InChI is InChI=1S/C17H15N3O5S/c1-10-6-7-13(9-14(10)20(23)24)18-17(26)19-15(21)11-4-3-5-12(8-11)16(22)25-2/h3-9H,1-2H3,(H2,18,19,21,26). The second-order valence-electron chi connectivity index (χ2n) is 5.24. The molecule has 0 radical (unpaired) electrons. The maximum atomic E-state index is 12.2. The number of nitro groups is 1. The molecular weight excluding hydrogens is 358 g/mol. The number of nitrogens with one attached hydrogen (secondary N) is 2. The van der Waals surface area contributed by atoms with Crippen LogP contribution in [0.4, 0.5) is 11.4 Å². The number of aryl methyl sites for hydroxylation is 1. The Morgan fingerprint density at radius 1 is 1.15 bits per heavy atom. The lowest BCUT2D eigenvalue weighted by Gasteiger charge is -2.10. The fourth-order valence-electron chi connectivity index (χ4n) is 2.13. The fraction of sp³-hybridized carbons (Fsp3) is 0.118. The number of amides is 1. The first-order valence-corrected chi connectivity index (χ1v) is 7.78. The van der Waals surface area contributed by atoms with Crippen LogP contribution in [0.15, 0.2) is 42.5 Å². The van der Waals surface area contributed by atoms with Gasteiger partial charge in [0.15, 0.2) is 5.11 Å². The fourth-order valence-corrected chi connectivity index (χ4v) is 2.34.